The second-order valence-corrected chi connectivity index (χ2v) is 7.55. The number of carbonyl (C=O) groups excluding carboxylic acids is 1. The van der Waals surface area contributed by atoms with E-state index in [4.69, 9.17) is 11.6 Å². The molecule has 0 N–H and O–H groups in total. The Balaban J connectivity index is 1.65. The average Bonchev–Trinajstić information content (AvgIpc) is 3.03. The minimum atomic E-state index is -0.378. The van der Waals surface area contributed by atoms with Crippen LogP contribution in [0.1, 0.15) is 29.0 Å². The molecule has 1 aromatic carbocycles. The van der Waals surface area contributed by atoms with Crippen molar-refractivity contribution in [3.8, 4) is 0 Å². The lowest BCUT2D eigenvalue weighted by Gasteiger charge is -2.34. The summed E-state index contributed by atoms with van der Waals surface area (Å²) in [7, 11) is 1.69. The molecule has 1 aliphatic rings. The van der Waals surface area contributed by atoms with Crippen LogP contribution in [-0.2, 0) is 17.8 Å². The van der Waals surface area contributed by atoms with Crippen LogP contribution in [0.25, 0.3) is 0 Å². The van der Waals surface area contributed by atoms with Gasteiger partial charge in [-0.3, -0.25) is 9.69 Å². The van der Waals surface area contributed by atoms with Gasteiger partial charge in [-0.05, 0) is 42.5 Å². The number of likely N-dealkylation sites (N-methyl/N-ethyl adjacent to an activating group) is 1. The first-order valence-corrected chi connectivity index (χ1v) is 9.20. The van der Waals surface area contributed by atoms with Crippen molar-refractivity contribution in [1.29, 1.82) is 0 Å². The molecule has 2 aromatic rings. The molecule has 1 aliphatic heterocycles. The summed E-state index contributed by atoms with van der Waals surface area (Å²) in [5, 5.41) is 2.46. The lowest BCUT2D eigenvalue weighted by molar-refractivity contribution is -0.132. The van der Waals surface area contributed by atoms with Crippen molar-refractivity contribution < 1.29 is 9.18 Å². The lowest BCUT2D eigenvalue weighted by atomic mass is 10.0. The van der Waals surface area contributed by atoms with Crippen LogP contribution in [0.4, 0.5) is 4.39 Å². The Morgan fingerprint density at radius 2 is 2.25 bits per heavy atom. The minimum Gasteiger partial charge on any atom is -0.340 e. The van der Waals surface area contributed by atoms with Gasteiger partial charge in [0.25, 0.3) is 0 Å². The molecule has 128 valence electrons. The Labute approximate surface area is 150 Å². The van der Waals surface area contributed by atoms with Gasteiger partial charge in [0.1, 0.15) is 5.82 Å². The molecular formula is C18H20ClFN2OS. The van der Waals surface area contributed by atoms with Gasteiger partial charge in [0.15, 0.2) is 0 Å². The van der Waals surface area contributed by atoms with Gasteiger partial charge in [0.05, 0.1) is 6.54 Å². The molecule has 0 spiro atoms. The molecule has 0 fully saturated rings. The topological polar surface area (TPSA) is 23.6 Å². The van der Waals surface area contributed by atoms with Gasteiger partial charge in [-0.15, -0.1) is 11.3 Å². The standard InChI is InChI=1S/C18H20ClFN2OS/c1-12-13-7-9-24-17(13)6-8-22(12)11-18(23)21(2)10-14-15(19)4-3-5-16(14)20/h3-5,7,9,12H,6,8,10-11H2,1-2H3. The highest BCUT2D eigenvalue weighted by Gasteiger charge is 2.27. The molecule has 0 radical (unpaired) electrons. The highest BCUT2D eigenvalue weighted by Crippen LogP contribution is 2.32. The van der Waals surface area contributed by atoms with Crippen LogP contribution in [0.3, 0.4) is 0 Å². The molecule has 1 atom stereocenters. The number of nitrogens with zero attached hydrogens (tertiary/aromatic N) is 2. The molecule has 3 rings (SSSR count). The maximum Gasteiger partial charge on any atom is 0.236 e. The minimum absolute atomic E-state index is 0.0279. The maximum absolute atomic E-state index is 13.9. The SMILES string of the molecule is CC1c2ccsc2CCN1CC(=O)N(C)Cc1c(F)cccc1Cl. The Morgan fingerprint density at radius 3 is 3.00 bits per heavy atom. The largest absolute Gasteiger partial charge is 0.340 e. The zero-order valence-corrected chi connectivity index (χ0v) is 15.3. The van der Waals surface area contributed by atoms with Crippen LogP contribution >= 0.6 is 22.9 Å². The molecule has 0 saturated heterocycles. The highest BCUT2D eigenvalue weighted by molar-refractivity contribution is 7.10. The van der Waals surface area contributed by atoms with Gasteiger partial charge >= 0.3 is 0 Å². The van der Waals surface area contributed by atoms with Gasteiger partial charge < -0.3 is 4.90 Å². The number of fused-ring (bicyclic) bond motifs is 1. The van der Waals surface area contributed by atoms with E-state index >= 15 is 0 Å². The van der Waals surface area contributed by atoms with Crippen LogP contribution in [0.2, 0.25) is 5.02 Å². The third-order valence-electron chi connectivity index (χ3n) is 4.62. The molecular weight excluding hydrogens is 347 g/mol. The third kappa shape index (κ3) is 3.48. The molecule has 24 heavy (non-hydrogen) atoms. The molecule has 1 unspecified atom stereocenters. The van der Waals surface area contributed by atoms with Gasteiger partial charge in [0, 0.05) is 41.6 Å². The van der Waals surface area contributed by atoms with Crippen LogP contribution in [0.15, 0.2) is 29.6 Å². The lowest BCUT2D eigenvalue weighted by Crippen LogP contribution is -2.42. The van der Waals surface area contributed by atoms with Crippen molar-refractivity contribution >= 4 is 28.8 Å². The van der Waals surface area contributed by atoms with Crippen LogP contribution in [-0.4, -0.2) is 35.8 Å². The van der Waals surface area contributed by atoms with Crippen molar-refractivity contribution in [2.24, 2.45) is 0 Å². The highest BCUT2D eigenvalue weighted by atomic mass is 35.5. The number of hydrogen-bond acceptors (Lipinski definition) is 3. The summed E-state index contributed by atoms with van der Waals surface area (Å²) in [5.74, 6) is -0.406. The zero-order chi connectivity index (χ0) is 17.3. The predicted octanol–water partition coefficient (Wildman–Crippen LogP) is 4.12. The summed E-state index contributed by atoms with van der Waals surface area (Å²) in [4.78, 5) is 17.7. The van der Waals surface area contributed by atoms with Gasteiger partial charge in [-0.25, -0.2) is 4.39 Å². The molecule has 0 saturated carbocycles. The Bertz CT molecular complexity index is 728. The summed E-state index contributed by atoms with van der Waals surface area (Å²) >= 11 is 7.83. The van der Waals surface area contributed by atoms with Gasteiger partial charge in [0.2, 0.25) is 5.91 Å². The van der Waals surface area contributed by atoms with Crippen LogP contribution < -0.4 is 0 Å². The van der Waals surface area contributed by atoms with Crippen molar-refractivity contribution in [3.05, 3.63) is 56.5 Å². The van der Waals surface area contributed by atoms with Crippen molar-refractivity contribution in [2.45, 2.75) is 25.9 Å². The summed E-state index contributed by atoms with van der Waals surface area (Å²) in [6, 6.07) is 6.95. The average molecular weight is 367 g/mol. The number of benzene rings is 1. The molecule has 1 aromatic heterocycles. The van der Waals surface area contributed by atoms with Crippen molar-refractivity contribution in [3.63, 3.8) is 0 Å². The zero-order valence-electron chi connectivity index (χ0n) is 13.8. The van der Waals surface area contributed by atoms with E-state index in [2.05, 4.69) is 23.3 Å². The van der Waals surface area contributed by atoms with E-state index in [1.807, 2.05) is 0 Å². The molecule has 0 bridgehead atoms. The second kappa shape index (κ2) is 7.21. The van der Waals surface area contributed by atoms with Crippen molar-refractivity contribution in [2.75, 3.05) is 20.1 Å². The first kappa shape index (κ1) is 17.4. The van der Waals surface area contributed by atoms with E-state index < -0.39 is 0 Å². The van der Waals surface area contributed by atoms with E-state index in [9.17, 15) is 9.18 Å². The fraction of sp³-hybridized carbons (Fsp3) is 0.389. The second-order valence-electron chi connectivity index (χ2n) is 6.15. The monoisotopic (exact) mass is 366 g/mol. The normalized spacial score (nSPS) is 17.6. The van der Waals surface area contributed by atoms with E-state index in [0.717, 1.165) is 13.0 Å². The van der Waals surface area contributed by atoms with E-state index in [-0.39, 0.29) is 24.3 Å². The predicted molar refractivity (Wildman–Crippen MR) is 95.9 cm³/mol. The molecule has 2 heterocycles. The summed E-state index contributed by atoms with van der Waals surface area (Å²) < 4.78 is 13.9. The smallest absolute Gasteiger partial charge is 0.236 e. The number of halogens is 2. The van der Waals surface area contributed by atoms with E-state index in [1.165, 1.54) is 16.5 Å². The summed E-state index contributed by atoms with van der Waals surface area (Å²) in [5.41, 5.74) is 1.68. The fourth-order valence-corrected chi connectivity index (χ4v) is 4.27. The number of hydrogen-bond donors (Lipinski definition) is 0. The van der Waals surface area contributed by atoms with Gasteiger partial charge in [-0.2, -0.15) is 0 Å². The molecule has 0 aliphatic carbocycles. The van der Waals surface area contributed by atoms with Gasteiger partial charge in [-0.1, -0.05) is 17.7 Å². The number of carbonyl (C=O) groups is 1. The van der Waals surface area contributed by atoms with Crippen LogP contribution in [0, 0.1) is 5.82 Å². The molecule has 6 heteroatoms. The van der Waals surface area contributed by atoms with E-state index in [0.29, 0.717) is 17.1 Å². The maximum atomic E-state index is 13.9. The fourth-order valence-electron chi connectivity index (χ4n) is 3.08. The van der Waals surface area contributed by atoms with Crippen LogP contribution in [0.5, 0.6) is 0 Å². The third-order valence-corrected chi connectivity index (χ3v) is 5.98. The Kier molecular flexibility index (Phi) is 5.23. The molecule has 1 amide bonds. The van der Waals surface area contributed by atoms with Crippen molar-refractivity contribution in [1.82, 2.24) is 9.80 Å². The first-order valence-electron chi connectivity index (χ1n) is 7.94. The number of thiophene rings is 1. The number of rotatable bonds is 4. The Morgan fingerprint density at radius 1 is 1.46 bits per heavy atom. The first-order chi connectivity index (χ1) is 11.5. The van der Waals surface area contributed by atoms with E-state index in [1.54, 1.807) is 35.4 Å². The molecule has 3 nitrogen and oxygen atoms in total. The quantitative estimate of drug-likeness (QED) is 0.812. The summed E-state index contributed by atoms with van der Waals surface area (Å²) in [6.45, 7) is 3.51. The summed E-state index contributed by atoms with van der Waals surface area (Å²) in [6.07, 6.45) is 0.980. The number of amides is 1. The Hall–Kier alpha value is -1.43.